The van der Waals surface area contributed by atoms with Crippen molar-refractivity contribution in [3.8, 4) is 5.75 Å². The van der Waals surface area contributed by atoms with Crippen LogP contribution in [-0.2, 0) is 11.4 Å². The van der Waals surface area contributed by atoms with Crippen molar-refractivity contribution < 1.29 is 14.5 Å². The lowest BCUT2D eigenvalue weighted by Gasteiger charge is -2.31. The van der Waals surface area contributed by atoms with E-state index in [0.29, 0.717) is 11.8 Å². The Hall–Kier alpha value is -3.13. The first-order chi connectivity index (χ1) is 18.1. The molecule has 1 saturated heterocycles. The van der Waals surface area contributed by atoms with Gasteiger partial charge in [-0.2, -0.15) is 0 Å². The molecule has 5 rings (SSSR count). The summed E-state index contributed by atoms with van der Waals surface area (Å²) < 4.78 is 5.83. The number of carbonyl (C=O) groups excluding carboxylic acids is 1. The standard InChI is InChI=1S/C29H33N3O4S/c33-28-27(37-29(30-23-9-3-1-4-10-23)31(28)24-11-5-2-6-12-24)19-21-14-16-26(17-15-21)36-20-22-8-7-13-25(18-22)32(34)35/h7-8,13-19,23-24H,1-6,9-12,20H2. The third-order valence-corrected chi connectivity index (χ3v) is 8.35. The second-order valence-corrected chi connectivity index (χ2v) is 11.1. The highest BCUT2D eigenvalue weighted by Gasteiger charge is 2.39. The zero-order chi connectivity index (χ0) is 25.6. The summed E-state index contributed by atoms with van der Waals surface area (Å²) in [5.41, 5.74) is 1.72. The summed E-state index contributed by atoms with van der Waals surface area (Å²) in [4.78, 5) is 31.9. The van der Waals surface area contributed by atoms with E-state index >= 15 is 0 Å². The number of nitro benzene ring substituents is 1. The van der Waals surface area contributed by atoms with Crippen LogP contribution in [0.2, 0.25) is 0 Å². The maximum absolute atomic E-state index is 13.5. The molecule has 2 saturated carbocycles. The summed E-state index contributed by atoms with van der Waals surface area (Å²) in [5.74, 6) is 0.750. The highest BCUT2D eigenvalue weighted by atomic mass is 32.2. The Balaban J connectivity index is 1.29. The second kappa shape index (κ2) is 11.9. The minimum absolute atomic E-state index is 0.0514. The largest absolute Gasteiger partial charge is 0.489 e. The van der Waals surface area contributed by atoms with Crippen LogP contribution in [0.3, 0.4) is 0 Å². The quantitative estimate of drug-likeness (QED) is 0.221. The molecule has 2 aliphatic carbocycles. The van der Waals surface area contributed by atoms with Gasteiger partial charge in [-0.05, 0) is 66.8 Å². The first-order valence-electron chi connectivity index (χ1n) is 13.3. The average molecular weight is 520 g/mol. The molecule has 0 bridgehead atoms. The molecule has 8 heteroatoms. The highest BCUT2D eigenvalue weighted by molar-refractivity contribution is 8.18. The van der Waals surface area contributed by atoms with Gasteiger partial charge in [0.15, 0.2) is 5.17 Å². The predicted octanol–water partition coefficient (Wildman–Crippen LogP) is 7.11. The summed E-state index contributed by atoms with van der Waals surface area (Å²) in [7, 11) is 0. The SMILES string of the molecule is O=C1C(=Cc2ccc(OCc3cccc([N+](=O)[O-])c3)cc2)SC(=NC2CCCCC2)N1C1CCCCC1. The summed E-state index contributed by atoms with van der Waals surface area (Å²) in [6.45, 7) is 0.244. The van der Waals surface area contributed by atoms with Crippen LogP contribution in [0, 0.1) is 10.1 Å². The third-order valence-electron chi connectivity index (χ3n) is 7.35. The molecule has 2 aromatic carbocycles. The number of hydrogen-bond donors (Lipinski definition) is 0. The van der Waals surface area contributed by atoms with E-state index in [9.17, 15) is 14.9 Å². The Labute approximate surface area is 222 Å². The van der Waals surface area contributed by atoms with Crippen molar-refractivity contribution in [2.45, 2.75) is 82.9 Å². The molecule has 0 atom stereocenters. The number of thioether (sulfide) groups is 1. The van der Waals surface area contributed by atoms with Crippen LogP contribution in [0.5, 0.6) is 5.75 Å². The van der Waals surface area contributed by atoms with Crippen molar-refractivity contribution in [1.29, 1.82) is 0 Å². The lowest BCUT2D eigenvalue weighted by molar-refractivity contribution is -0.384. The van der Waals surface area contributed by atoms with E-state index in [4.69, 9.17) is 9.73 Å². The number of nitro groups is 1. The number of amides is 1. The maximum Gasteiger partial charge on any atom is 0.269 e. The number of benzene rings is 2. The van der Waals surface area contributed by atoms with Gasteiger partial charge in [-0.25, -0.2) is 0 Å². The molecule has 1 aliphatic heterocycles. The van der Waals surface area contributed by atoms with Gasteiger partial charge in [-0.3, -0.25) is 24.8 Å². The highest BCUT2D eigenvalue weighted by Crippen LogP contribution is 2.38. The fourth-order valence-corrected chi connectivity index (χ4v) is 6.45. The number of rotatable bonds is 7. The van der Waals surface area contributed by atoms with Crippen molar-refractivity contribution in [2.24, 2.45) is 4.99 Å². The lowest BCUT2D eigenvalue weighted by atomic mass is 9.94. The van der Waals surface area contributed by atoms with Gasteiger partial charge in [-0.15, -0.1) is 0 Å². The monoisotopic (exact) mass is 519 g/mol. The van der Waals surface area contributed by atoms with Gasteiger partial charge in [0.1, 0.15) is 12.4 Å². The zero-order valence-electron chi connectivity index (χ0n) is 21.0. The molecule has 0 radical (unpaired) electrons. The lowest BCUT2D eigenvalue weighted by Crippen LogP contribution is -2.41. The molecule has 7 nitrogen and oxygen atoms in total. The van der Waals surface area contributed by atoms with Gasteiger partial charge in [0.2, 0.25) is 0 Å². The van der Waals surface area contributed by atoms with Gasteiger partial charge in [-0.1, -0.05) is 62.8 Å². The smallest absolute Gasteiger partial charge is 0.269 e. The normalized spacial score (nSPS) is 21.6. The summed E-state index contributed by atoms with van der Waals surface area (Å²) >= 11 is 1.53. The Kier molecular flexibility index (Phi) is 8.24. The molecule has 3 fully saturated rings. The van der Waals surface area contributed by atoms with Gasteiger partial charge in [0, 0.05) is 18.2 Å². The summed E-state index contributed by atoms with van der Waals surface area (Å²) in [6.07, 6.45) is 13.6. The third kappa shape index (κ3) is 6.42. The number of aliphatic imine (C=N–C) groups is 1. The fraction of sp³-hybridized carbons (Fsp3) is 0.448. The number of nitrogens with zero attached hydrogens (tertiary/aromatic N) is 3. The van der Waals surface area contributed by atoms with E-state index in [0.717, 1.165) is 46.9 Å². The van der Waals surface area contributed by atoms with Crippen LogP contribution >= 0.6 is 11.8 Å². The first kappa shape index (κ1) is 25.5. The Morgan fingerprint density at radius 2 is 1.70 bits per heavy atom. The second-order valence-electron chi connectivity index (χ2n) is 10.1. The number of carbonyl (C=O) groups is 1. The number of hydrogen-bond acceptors (Lipinski definition) is 6. The Morgan fingerprint density at radius 3 is 2.41 bits per heavy atom. The van der Waals surface area contributed by atoms with Crippen LogP contribution < -0.4 is 4.74 Å². The zero-order valence-corrected chi connectivity index (χ0v) is 21.8. The fourth-order valence-electron chi connectivity index (χ4n) is 5.34. The minimum atomic E-state index is -0.408. The molecule has 0 aromatic heterocycles. The molecule has 0 N–H and O–H groups in total. The number of amidine groups is 1. The van der Waals surface area contributed by atoms with E-state index in [2.05, 4.69) is 0 Å². The van der Waals surface area contributed by atoms with E-state index in [1.54, 1.807) is 12.1 Å². The molecule has 1 heterocycles. The van der Waals surface area contributed by atoms with E-state index in [-0.39, 0.29) is 24.2 Å². The molecular formula is C29H33N3O4S. The maximum atomic E-state index is 13.5. The van der Waals surface area contributed by atoms with Crippen LogP contribution in [0.25, 0.3) is 6.08 Å². The first-order valence-corrected chi connectivity index (χ1v) is 14.2. The molecule has 37 heavy (non-hydrogen) atoms. The molecule has 1 amide bonds. The van der Waals surface area contributed by atoms with Crippen molar-refractivity contribution in [3.63, 3.8) is 0 Å². The van der Waals surface area contributed by atoms with Crippen molar-refractivity contribution in [1.82, 2.24) is 4.90 Å². The Bertz CT molecular complexity index is 1180. The molecule has 194 valence electrons. The van der Waals surface area contributed by atoms with Gasteiger partial charge >= 0.3 is 0 Å². The number of non-ortho nitro benzene ring substituents is 1. The Morgan fingerprint density at radius 1 is 1.00 bits per heavy atom. The molecule has 3 aliphatic rings. The van der Waals surface area contributed by atoms with E-state index in [1.165, 1.54) is 62.4 Å². The molecule has 2 aromatic rings. The number of ether oxygens (including phenoxy) is 1. The van der Waals surface area contributed by atoms with Gasteiger partial charge in [0.25, 0.3) is 11.6 Å². The van der Waals surface area contributed by atoms with E-state index < -0.39 is 4.92 Å². The summed E-state index contributed by atoms with van der Waals surface area (Å²) in [6, 6.07) is 14.6. The minimum Gasteiger partial charge on any atom is -0.489 e. The molecule has 0 unspecified atom stereocenters. The topological polar surface area (TPSA) is 85.0 Å². The van der Waals surface area contributed by atoms with E-state index in [1.807, 2.05) is 35.2 Å². The van der Waals surface area contributed by atoms with Gasteiger partial charge in [0.05, 0.1) is 15.9 Å². The predicted molar refractivity (Wildman–Crippen MR) is 147 cm³/mol. The van der Waals surface area contributed by atoms with Gasteiger partial charge < -0.3 is 4.74 Å². The molecular weight excluding hydrogens is 486 g/mol. The van der Waals surface area contributed by atoms with Crippen molar-refractivity contribution in [2.75, 3.05) is 0 Å². The summed E-state index contributed by atoms with van der Waals surface area (Å²) in [5, 5.41) is 11.9. The van der Waals surface area contributed by atoms with Crippen LogP contribution in [-0.4, -0.2) is 33.0 Å². The average Bonchev–Trinajstić information content (AvgIpc) is 3.23. The van der Waals surface area contributed by atoms with Crippen molar-refractivity contribution >= 4 is 34.6 Å². The van der Waals surface area contributed by atoms with Crippen LogP contribution in [0.15, 0.2) is 58.4 Å². The molecule has 0 spiro atoms. The van der Waals surface area contributed by atoms with Crippen LogP contribution in [0.4, 0.5) is 5.69 Å². The van der Waals surface area contributed by atoms with Crippen LogP contribution in [0.1, 0.15) is 75.3 Å². The van der Waals surface area contributed by atoms with Crippen molar-refractivity contribution in [3.05, 3.63) is 74.7 Å².